The van der Waals surface area contributed by atoms with Crippen molar-refractivity contribution in [2.24, 2.45) is 0 Å². The van der Waals surface area contributed by atoms with Gasteiger partial charge < -0.3 is 24.8 Å². The molecule has 0 aliphatic heterocycles. The Bertz CT molecular complexity index is 735. The van der Waals surface area contributed by atoms with Gasteiger partial charge in [0.25, 0.3) is 0 Å². The van der Waals surface area contributed by atoms with Crippen LogP contribution in [-0.4, -0.2) is 24.9 Å². The normalized spacial score (nSPS) is 11.4. The SMILES string of the molecule is CCOc1ccc(NC(=S)N[C@@H](C)c2ccc(OCC)c(OCC)c2)cc1. The van der Waals surface area contributed by atoms with Crippen molar-refractivity contribution in [1.82, 2.24) is 5.32 Å². The maximum absolute atomic E-state index is 5.70. The summed E-state index contributed by atoms with van der Waals surface area (Å²) in [6, 6.07) is 13.7. The van der Waals surface area contributed by atoms with E-state index in [4.69, 9.17) is 26.4 Å². The van der Waals surface area contributed by atoms with Crippen molar-refractivity contribution >= 4 is 23.0 Å². The predicted molar refractivity (Wildman–Crippen MR) is 114 cm³/mol. The molecule has 5 nitrogen and oxygen atoms in total. The number of rotatable bonds is 9. The van der Waals surface area contributed by atoms with E-state index in [2.05, 4.69) is 17.6 Å². The molecule has 0 unspecified atom stereocenters. The Balaban J connectivity index is 1.99. The van der Waals surface area contributed by atoms with Crippen molar-refractivity contribution in [3.63, 3.8) is 0 Å². The number of anilines is 1. The highest BCUT2D eigenvalue weighted by Gasteiger charge is 2.12. The van der Waals surface area contributed by atoms with E-state index in [0.717, 1.165) is 28.5 Å². The summed E-state index contributed by atoms with van der Waals surface area (Å²) >= 11 is 5.44. The molecule has 27 heavy (non-hydrogen) atoms. The minimum absolute atomic E-state index is 0.0163. The molecule has 2 rings (SSSR count). The zero-order valence-electron chi connectivity index (χ0n) is 16.4. The average molecular weight is 389 g/mol. The number of nitrogens with one attached hydrogen (secondary N) is 2. The van der Waals surface area contributed by atoms with Crippen LogP contribution in [0.4, 0.5) is 5.69 Å². The Kier molecular flexibility index (Phi) is 8.20. The lowest BCUT2D eigenvalue weighted by Crippen LogP contribution is -2.30. The molecule has 6 heteroatoms. The fourth-order valence-corrected chi connectivity index (χ4v) is 2.88. The molecule has 0 aliphatic carbocycles. The fraction of sp³-hybridized carbons (Fsp3) is 0.381. The third-order valence-electron chi connectivity index (χ3n) is 3.84. The van der Waals surface area contributed by atoms with Gasteiger partial charge in [-0.05, 0) is 81.9 Å². The number of ether oxygens (including phenoxy) is 3. The third kappa shape index (κ3) is 6.32. The van der Waals surface area contributed by atoms with E-state index >= 15 is 0 Å². The summed E-state index contributed by atoms with van der Waals surface area (Å²) in [5, 5.41) is 7.04. The van der Waals surface area contributed by atoms with Gasteiger partial charge >= 0.3 is 0 Å². The van der Waals surface area contributed by atoms with E-state index in [0.29, 0.717) is 24.9 Å². The van der Waals surface area contributed by atoms with Crippen molar-refractivity contribution in [3.8, 4) is 17.2 Å². The van der Waals surface area contributed by atoms with Gasteiger partial charge in [0.05, 0.1) is 25.9 Å². The Hall–Kier alpha value is -2.47. The number of hydrogen-bond acceptors (Lipinski definition) is 4. The van der Waals surface area contributed by atoms with Crippen LogP contribution in [-0.2, 0) is 0 Å². The van der Waals surface area contributed by atoms with Crippen LogP contribution >= 0.6 is 12.2 Å². The van der Waals surface area contributed by atoms with E-state index in [9.17, 15) is 0 Å². The minimum atomic E-state index is 0.0163. The van der Waals surface area contributed by atoms with Crippen molar-refractivity contribution in [1.29, 1.82) is 0 Å². The monoisotopic (exact) mass is 388 g/mol. The van der Waals surface area contributed by atoms with E-state index in [1.54, 1.807) is 0 Å². The molecule has 0 heterocycles. The molecule has 2 aromatic carbocycles. The first-order valence-corrected chi connectivity index (χ1v) is 9.68. The van der Waals surface area contributed by atoms with Crippen molar-refractivity contribution in [2.45, 2.75) is 33.7 Å². The Labute approximate surface area is 167 Å². The predicted octanol–water partition coefficient (Wildman–Crippen LogP) is 4.93. The van der Waals surface area contributed by atoms with Gasteiger partial charge in [0, 0.05) is 5.69 Å². The van der Waals surface area contributed by atoms with Crippen molar-refractivity contribution in [3.05, 3.63) is 48.0 Å². The summed E-state index contributed by atoms with van der Waals surface area (Å²) in [4.78, 5) is 0. The Morgan fingerprint density at radius 3 is 2.15 bits per heavy atom. The number of benzene rings is 2. The van der Waals surface area contributed by atoms with Gasteiger partial charge in [-0.2, -0.15) is 0 Å². The first kappa shape index (κ1) is 20.8. The lowest BCUT2D eigenvalue weighted by atomic mass is 10.1. The highest BCUT2D eigenvalue weighted by Crippen LogP contribution is 2.30. The molecule has 2 N–H and O–H groups in total. The Morgan fingerprint density at radius 2 is 1.52 bits per heavy atom. The lowest BCUT2D eigenvalue weighted by molar-refractivity contribution is 0.287. The smallest absolute Gasteiger partial charge is 0.171 e. The van der Waals surface area contributed by atoms with Gasteiger partial charge in [0.2, 0.25) is 0 Å². The van der Waals surface area contributed by atoms with Gasteiger partial charge in [-0.1, -0.05) is 6.07 Å². The lowest BCUT2D eigenvalue weighted by Gasteiger charge is -2.19. The summed E-state index contributed by atoms with van der Waals surface area (Å²) in [6.07, 6.45) is 0. The third-order valence-corrected chi connectivity index (χ3v) is 4.06. The number of thiocarbonyl (C=S) groups is 1. The highest BCUT2D eigenvalue weighted by atomic mass is 32.1. The summed E-state index contributed by atoms with van der Waals surface area (Å²) in [5.41, 5.74) is 1.97. The molecule has 0 saturated heterocycles. The molecule has 1 atom stereocenters. The zero-order valence-corrected chi connectivity index (χ0v) is 17.2. The standard InChI is InChI=1S/C21H28N2O3S/c1-5-24-18-11-9-17(10-12-18)23-21(27)22-15(4)16-8-13-19(25-6-2)20(14-16)26-7-3/h8-15H,5-7H2,1-4H3,(H2,22,23,27)/t15-/m0/s1. The van der Waals surface area contributed by atoms with Crippen molar-refractivity contribution in [2.75, 3.05) is 25.1 Å². The average Bonchev–Trinajstić information content (AvgIpc) is 2.65. The molecule has 0 aliphatic rings. The first-order chi connectivity index (χ1) is 13.1. The van der Waals surface area contributed by atoms with E-state index in [1.165, 1.54) is 0 Å². The van der Waals surface area contributed by atoms with Gasteiger partial charge in [-0.3, -0.25) is 0 Å². The summed E-state index contributed by atoms with van der Waals surface area (Å²) < 4.78 is 16.8. The van der Waals surface area contributed by atoms with Crippen molar-refractivity contribution < 1.29 is 14.2 Å². The van der Waals surface area contributed by atoms with Crippen LogP contribution in [0.1, 0.15) is 39.3 Å². The second kappa shape index (κ2) is 10.6. The van der Waals surface area contributed by atoms with E-state index in [-0.39, 0.29) is 6.04 Å². The van der Waals surface area contributed by atoms with Crippen LogP contribution in [0.5, 0.6) is 17.2 Å². The molecule has 0 amide bonds. The molecule has 2 aromatic rings. The van der Waals surface area contributed by atoms with Gasteiger partial charge in [-0.15, -0.1) is 0 Å². The van der Waals surface area contributed by atoms with Gasteiger partial charge in [-0.25, -0.2) is 0 Å². The van der Waals surface area contributed by atoms with E-state index < -0.39 is 0 Å². The molecular weight excluding hydrogens is 360 g/mol. The largest absolute Gasteiger partial charge is 0.494 e. The maximum Gasteiger partial charge on any atom is 0.171 e. The fourth-order valence-electron chi connectivity index (χ4n) is 2.59. The molecule has 0 bridgehead atoms. The van der Waals surface area contributed by atoms with Gasteiger partial charge in [0.15, 0.2) is 16.6 Å². The summed E-state index contributed by atoms with van der Waals surface area (Å²) in [5.74, 6) is 2.34. The zero-order chi connectivity index (χ0) is 19.6. The summed E-state index contributed by atoms with van der Waals surface area (Å²) in [6.45, 7) is 9.77. The quantitative estimate of drug-likeness (QED) is 0.594. The Morgan fingerprint density at radius 1 is 0.889 bits per heavy atom. The minimum Gasteiger partial charge on any atom is -0.494 e. The van der Waals surface area contributed by atoms with Crippen LogP contribution in [0.3, 0.4) is 0 Å². The van der Waals surface area contributed by atoms with Crippen LogP contribution in [0.25, 0.3) is 0 Å². The molecular formula is C21H28N2O3S. The molecule has 0 saturated carbocycles. The molecule has 0 spiro atoms. The van der Waals surface area contributed by atoms with Crippen LogP contribution in [0, 0.1) is 0 Å². The second-order valence-electron chi connectivity index (χ2n) is 5.85. The topological polar surface area (TPSA) is 51.8 Å². The highest BCUT2D eigenvalue weighted by molar-refractivity contribution is 7.80. The van der Waals surface area contributed by atoms with Gasteiger partial charge in [0.1, 0.15) is 5.75 Å². The van der Waals surface area contributed by atoms with Crippen LogP contribution in [0.15, 0.2) is 42.5 Å². The first-order valence-electron chi connectivity index (χ1n) is 9.27. The molecule has 0 fully saturated rings. The maximum atomic E-state index is 5.70. The van der Waals surface area contributed by atoms with Crippen LogP contribution in [0.2, 0.25) is 0 Å². The number of hydrogen-bond donors (Lipinski definition) is 2. The molecule has 0 aromatic heterocycles. The second-order valence-corrected chi connectivity index (χ2v) is 6.26. The molecule has 0 radical (unpaired) electrons. The summed E-state index contributed by atoms with van der Waals surface area (Å²) in [7, 11) is 0. The molecule has 146 valence electrons. The van der Waals surface area contributed by atoms with E-state index in [1.807, 2.05) is 63.2 Å². The van der Waals surface area contributed by atoms with Crippen LogP contribution < -0.4 is 24.8 Å².